The van der Waals surface area contributed by atoms with Crippen LogP contribution in [-0.2, 0) is 11.3 Å². The summed E-state index contributed by atoms with van der Waals surface area (Å²) in [5, 5.41) is 8.15. The van der Waals surface area contributed by atoms with Crippen molar-refractivity contribution in [1.29, 1.82) is 0 Å². The quantitative estimate of drug-likeness (QED) is 0.791. The van der Waals surface area contributed by atoms with E-state index in [0.29, 0.717) is 5.65 Å². The summed E-state index contributed by atoms with van der Waals surface area (Å²) in [6.45, 7) is 4.12. The van der Waals surface area contributed by atoms with Gasteiger partial charge in [-0.05, 0) is 37.5 Å². The van der Waals surface area contributed by atoms with Crippen LogP contribution in [0.2, 0.25) is 0 Å². The van der Waals surface area contributed by atoms with Gasteiger partial charge in [-0.15, -0.1) is 0 Å². The van der Waals surface area contributed by atoms with Crippen molar-refractivity contribution in [3.05, 3.63) is 42.4 Å². The lowest BCUT2D eigenvalue weighted by atomic mass is 10.2. The molecule has 0 unspecified atom stereocenters. The number of anilines is 2. The Kier molecular flexibility index (Phi) is 4.05. The summed E-state index contributed by atoms with van der Waals surface area (Å²) in [6, 6.07) is 7.73. The fourth-order valence-corrected chi connectivity index (χ4v) is 3.24. The average Bonchev–Trinajstić information content (AvgIpc) is 3.25. The summed E-state index contributed by atoms with van der Waals surface area (Å²) in [4.78, 5) is 23.4. The lowest BCUT2D eigenvalue weighted by molar-refractivity contribution is -0.116. The number of carbonyl (C=O) groups is 1. The lowest BCUT2D eigenvalue weighted by Crippen LogP contribution is -2.20. The van der Waals surface area contributed by atoms with Crippen LogP contribution in [0, 0.1) is 6.92 Å². The highest BCUT2D eigenvalue weighted by Crippen LogP contribution is 2.25. The van der Waals surface area contributed by atoms with Gasteiger partial charge in [0.15, 0.2) is 5.65 Å². The van der Waals surface area contributed by atoms with E-state index in [-0.39, 0.29) is 12.5 Å². The highest BCUT2D eigenvalue weighted by atomic mass is 16.2. The second kappa shape index (κ2) is 6.51. The van der Waals surface area contributed by atoms with Crippen LogP contribution in [-0.4, -0.2) is 38.7 Å². The van der Waals surface area contributed by atoms with Crippen LogP contribution in [0.1, 0.15) is 18.4 Å². The highest BCUT2D eigenvalue weighted by Gasteiger charge is 2.19. The zero-order valence-corrected chi connectivity index (χ0v) is 14.1. The van der Waals surface area contributed by atoms with Gasteiger partial charge in [0, 0.05) is 18.8 Å². The van der Waals surface area contributed by atoms with Crippen molar-refractivity contribution >= 4 is 28.4 Å². The van der Waals surface area contributed by atoms with Crippen LogP contribution in [0.5, 0.6) is 0 Å². The molecule has 1 N–H and O–H groups in total. The largest absolute Gasteiger partial charge is 0.356 e. The van der Waals surface area contributed by atoms with Crippen LogP contribution >= 0.6 is 0 Å². The number of hydrogen-bond donors (Lipinski definition) is 1. The van der Waals surface area contributed by atoms with Crippen molar-refractivity contribution in [3.8, 4) is 0 Å². The van der Waals surface area contributed by atoms with E-state index in [0.717, 1.165) is 35.5 Å². The number of aryl methyl sites for hydroxylation is 1. The molecule has 7 heteroatoms. The maximum atomic E-state index is 12.4. The van der Waals surface area contributed by atoms with Crippen molar-refractivity contribution in [2.24, 2.45) is 0 Å². The maximum Gasteiger partial charge on any atom is 0.246 e. The van der Waals surface area contributed by atoms with Crippen molar-refractivity contribution in [1.82, 2.24) is 19.7 Å². The molecule has 0 spiro atoms. The Labute approximate surface area is 145 Å². The number of hydrogen-bond acceptors (Lipinski definition) is 5. The Morgan fingerprint density at radius 1 is 1.24 bits per heavy atom. The molecule has 0 radical (unpaired) electrons. The molecular formula is C18H20N6O. The molecular weight excluding hydrogens is 316 g/mol. The Morgan fingerprint density at radius 2 is 2.08 bits per heavy atom. The van der Waals surface area contributed by atoms with Crippen molar-refractivity contribution in [2.75, 3.05) is 23.3 Å². The van der Waals surface area contributed by atoms with E-state index in [1.807, 2.05) is 31.2 Å². The van der Waals surface area contributed by atoms with Crippen LogP contribution < -0.4 is 10.2 Å². The Hall–Kier alpha value is -2.96. The van der Waals surface area contributed by atoms with Crippen LogP contribution in [0.15, 0.2) is 36.8 Å². The molecule has 1 aliphatic rings. The SMILES string of the molecule is Cc1cccc(NC(=O)Cn2ncc3c(N4CCCC4)ncnc32)c1. The van der Waals surface area contributed by atoms with E-state index >= 15 is 0 Å². The first kappa shape index (κ1) is 15.6. The zero-order chi connectivity index (χ0) is 17.2. The molecule has 0 atom stereocenters. The Bertz CT molecular complexity index is 913. The summed E-state index contributed by atoms with van der Waals surface area (Å²) in [5.74, 6) is 0.782. The number of nitrogens with zero attached hydrogens (tertiary/aromatic N) is 5. The number of aromatic nitrogens is 4. The van der Waals surface area contributed by atoms with Gasteiger partial charge in [0.2, 0.25) is 5.91 Å². The van der Waals surface area contributed by atoms with E-state index in [1.165, 1.54) is 12.8 Å². The normalized spacial score (nSPS) is 14.2. The molecule has 7 nitrogen and oxygen atoms in total. The molecule has 128 valence electrons. The molecule has 1 amide bonds. The molecule has 4 rings (SSSR count). The number of rotatable bonds is 4. The van der Waals surface area contributed by atoms with Gasteiger partial charge in [0.1, 0.15) is 18.7 Å². The standard InChI is InChI=1S/C18H20N6O/c1-13-5-4-6-14(9-13)22-16(25)11-24-18-15(10-21-24)17(19-12-20-18)23-7-2-3-8-23/h4-6,9-10,12H,2-3,7-8,11H2,1H3,(H,22,25). The first-order valence-corrected chi connectivity index (χ1v) is 8.49. The molecule has 1 aromatic carbocycles. The first-order chi connectivity index (χ1) is 12.2. The van der Waals surface area contributed by atoms with Gasteiger partial charge in [0.25, 0.3) is 0 Å². The molecule has 1 saturated heterocycles. The average molecular weight is 336 g/mol. The third-order valence-electron chi connectivity index (χ3n) is 4.41. The van der Waals surface area contributed by atoms with Crippen LogP contribution in [0.25, 0.3) is 11.0 Å². The van der Waals surface area contributed by atoms with E-state index in [2.05, 4.69) is 25.3 Å². The van der Waals surface area contributed by atoms with Crippen molar-refractivity contribution < 1.29 is 4.79 Å². The molecule has 0 bridgehead atoms. The smallest absolute Gasteiger partial charge is 0.246 e. The predicted molar refractivity (Wildman–Crippen MR) is 96.6 cm³/mol. The Morgan fingerprint density at radius 3 is 2.88 bits per heavy atom. The van der Waals surface area contributed by atoms with E-state index in [9.17, 15) is 4.79 Å². The molecule has 1 aliphatic heterocycles. The summed E-state index contributed by atoms with van der Waals surface area (Å²) < 4.78 is 1.63. The van der Waals surface area contributed by atoms with Crippen molar-refractivity contribution in [3.63, 3.8) is 0 Å². The second-order valence-electron chi connectivity index (χ2n) is 6.35. The molecule has 1 fully saturated rings. The van der Waals surface area contributed by atoms with E-state index in [1.54, 1.807) is 17.2 Å². The van der Waals surface area contributed by atoms with Gasteiger partial charge in [-0.3, -0.25) is 4.79 Å². The van der Waals surface area contributed by atoms with Gasteiger partial charge in [-0.25, -0.2) is 14.6 Å². The number of carbonyl (C=O) groups excluding carboxylic acids is 1. The second-order valence-corrected chi connectivity index (χ2v) is 6.35. The van der Waals surface area contributed by atoms with Gasteiger partial charge >= 0.3 is 0 Å². The minimum absolute atomic E-state index is 0.119. The molecule has 3 aromatic rings. The summed E-state index contributed by atoms with van der Waals surface area (Å²) in [7, 11) is 0. The van der Waals surface area contributed by atoms with Gasteiger partial charge in [0.05, 0.1) is 11.6 Å². The minimum Gasteiger partial charge on any atom is -0.356 e. The third kappa shape index (κ3) is 3.17. The monoisotopic (exact) mass is 336 g/mol. The van der Waals surface area contributed by atoms with Gasteiger partial charge in [-0.2, -0.15) is 5.10 Å². The summed E-state index contributed by atoms with van der Waals surface area (Å²) in [6.07, 6.45) is 5.66. The summed E-state index contributed by atoms with van der Waals surface area (Å²) in [5.41, 5.74) is 2.58. The number of nitrogens with one attached hydrogen (secondary N) is 1. The molecule has 25 heavy (non-hydrogen) atoms. The molecule has 2 aromatic heterocycles. The van der Waals surface area contributed by atoms with Crippen LogP contribution in [0.3, 0.4) is 0 Å². The Balaban J connectivity index is 1.55. The maximum absolute atomic E-state index is 12.4. The molecule has 0 aliphatic carbocycles. The van der Waals surface area contributed by atoms with Crippen molar-refractivity contribution in [2.45, 2.75) is 26.3 Å². The van der Waals surface area contributed by atoms with Gasteiger partial charge < -0.3 is 10.2 Å². The summed E-state index contributed by atoms with van der Waals surface area (Å²) >= 11 is 0. The number of amides is 1. The fourth-order valence-electron chi connectivity index (χ4n) is 3.24. The zero-order valence-electron chi connectivity index (χ0n) is 14.1. The predicted octanol–water partition coefficient (Wildman–Crippen LogP) is 2.37. The van der Waals surface area contributed by atoms with E-state index in [4.69, 9.17) is 0 Å². The number of benzene rings is 1. The van der Waals surface area contributed by atoms with Gasteiger partial charge in [-0.1, -0.05) is 12.1 Å². The molecule has 0 saturated carbocycles. The molecule has 3 heterocycles. The van der Waals surface area contributed by atoms with E-state index < -0.39 is 0 Å². The highest BCUT2D eigenvalue weighted by molar-refractivity contribution is 5.92. The lowest BCUT2D eigenvalue weighted by Gasteiger charge is -2.16. The number of fused-ring (bicyclic) bond motifs is 1. The third-order valence-corrected chi connectivity index (χ3v) is 4.41. The fraction of sp³-hybridized carbons (Fsp3) is 0.333. The minimum atomic E-state index is -0.128. The topological polar surface area (TPSA) is 75.9 Å². The van der Waals surface area contributed by atoms with Crippen LogP contribution in [0.4, 0.5) is 11.5 Å². The first-order valence-electron chi connectivity index (χ1n) is 8.49.